The minimum atomic E-state index is 0.637. The van der Waals surface area contributed by atoms with Gasteiger partial charge in [0.25, 0.3) is 0 Å². The van der Waals surface area contributed by atoms with Crippen molar-refractivity contribution < 1.29 is 4.42 Å². The molecule has 0 bridgehead atoms. The summed E-state index contributed by atoms with van der Waals surface area (Å²) in [6.45, 7) is 0. The van der Waals surface area contributed by atoms with Gasteiger partial charge in [0.05, 0.1) is 11.2 Å². The molecule has 24 heavy (non-hydrogen) atoms. The van der Waals surface area contributed by atoms with Crippen LogP contribution in [0.4, 0.5) is 5.69 Å². The number of aromatic nitrogens is 2. The second-order valence-corrected chi connectivity index (χ2v) is 5.79. The Hall–Kier alpha value is -3.40. The van der Waals surface area contributed by atoms with Crippen LogP contribution in [0.3, 0.4) is 0 Å². The highest BCUT2D eigenvalue weighted by molar-refractivity contribution is 6.12. The summed E-state index contributed by atoms with van der Waals surface area (Å²) in [4.78, 5) is 0. The van der Waals surface area contributed by atoms with E-state index in [9.17, 15) is 0 Å². The Balaban J connectivity index is 1.87. The van der Waals surface area contributed by atoms with Crippen molar-refractivity contribution in [1.29, 1.82) is 0 Å². The van der Waals surface area contributed by atoms with Crippen LogP contribution in [-0.2, 0) is 0 Å². The molecule has 5 rings (SSSR count). The molecule has 0 saturated carbocycles. The maximum atomic E-state index is 6.42. The van der Waals surface area contributed by atoms with Crippen LogP contribution in [0, 0.1) is 0 Å². The van der Waals surface area contributed by atoms with Crippen molar-refractivity contribution in [2.24, 2.45) is 0 Å². The smallest absolute Gasteiger partial charge is 0.137 e. The van der Waals surface area contributed by atoms with E-state index >= 15 is 0 Å². The normalized spacial score (nSPS) is 11.5. The topological polar surface area (TPSA) is 64.9 Å². The molecule has 0 aliphatic rings. The monoisotopic (exact) mass is 311 g/mol. The molecule has 2 aromatic heterocycles. The molecular formula is C20H13N3O. The van der Waals surface area contributed by atoms with Crippen LogP contribution in [0.1, 0.15) is 0 Å². The van der Waals surface area contributed by atoms with Gasteiger partial charge in [0, 0.05) is 27.8 Å². The van der Waals surface area contributed by atoms with Gasteiger partial charge in [-0.25, -0.2) is 0 Å². The number of benzene rings is 3. The van der Waals surface area contributed by atoms with E-state index in [1.165, 1.54) is 0 Å². The standard InChI is InChI=1S/C20H13N3O/c21-19-15-10-14-13-8-4-5-9-17(13)24-18(14)11-16(15)22-23-20(19)12-6-2-1-3-7-12/h1-11H,(H2,21,22). The molecule has 114 valence electrons. The van der Waals surface area contributed by atoms with Gasteiger partial charge in [-0.3, -0.25) is 0 Å². The highest BCUT2D eigenvalue weighted by Crippen LogP contribution is 2.35. The third kappa shape index (κ3) is 1.80. The van der Waals surface area contributed by atoms with E-state index in [-0.39, 0.29) is 0 Å². The van der Waals surface area contributed by atoms with E-state index in [0.29, 0.717) is 11.4 Å². The summed E-state index contributed by atoms with van der Waals surface area (Å²) >= 11 is 0. The van der Waals surface area contributed by atoms with Crippen LogP contribution in [-0.4, -0.2) is 10.2 Å². The fraction of sp³-hybridized carbons (Fsp3) is 0. The first-order chi connectivity index (χ1) is 11.8. The largest absolute Gasteiger partial charge is 0.456 e. The molecule has 0 aliphatic carbocycles. The summed E-state index contributed by atoms with van der Waals surface area (Å²) in [6.07, 6.45) is 0. The molecule has 0 fully saturated rings. The molecule has 3 aromatic carbocycles. The molecular weight excluding hydrogens is 298 g/mol. The van der Waals surface area contributed by atoms with Gasteiger partial charge in [-0.1, -0.05) is 48.5 Å². The molecule has 0 unspecified atom stereocenters. The third-order valence-corrected chi connectivity index (χ3v) is 4.35. The molecule has 0 saturated heterocycles. The first-order valence-corrected chi connectivity index (χ1v) is 7.74. The van der Waals surface area contributed by atoms with Crippen molar-refractivity contribution in [3.8, 4) is 11.3 Å². The lowest BCUT2D eigenvalue weighted by atomic mass is 10.0. The van der Waals surface area contributed by atoms with Gasteiger partial charge < -0.3 is 10.2 Å². The molecule has 0 aliphatic heterocycles. The Bertz CT molecular complexity index is 1210. The minimum absolute atomic E-state index is 0.637. The Kier molecular flexibility index (Phi) is 2.61. The van der Waals surface area contributed by atoms with E-state index in [2.05, 4.69) is 16.3 Å². The van der Waals surface area contributed by atoms with Gasteiger partial charge >= 0.3 is 0 Å². The van der Waals surface area contributed by atoms with E-state index < -0.39 is 0 Å². The average molecular weight is 311 g/mol. The fourth-order valence-electron chi connectivity index (χ4n) is 3.15. The van der Waals surface area contributed by atoms with Crippen LogP contribution in [0.15, 0.2) is 71.1 Å². The van der Waals surface area contributed by atoms with Crippen molar-refractivity contribution in [2.75, 3.05) is 5.73 Å². The summed E-state index contributed by atoms with van der Waals surface area (Å²) in [5, 5.41) is 11.7. The maximum Gasteiger partial charge on any atom is 0.137 e. The Morgan fingerprint density at radius 2 is 1.50 bits per heavy atom. The van der Waals surface area contributed by atoms with Gasteiger partial charge in [-0.05, 0) is 12.1 Å². The summed E-state index contributed by atoms with van der Waals surface area (Å²) in [7, 11) is 0. The number of hydrogen-bond acceptors (Lipinski definition) is 4. The molecule has 0 atom stereocenters. The molecule has 4 heteroatoms. The summed E-state index contributed by atoms with van der Waals surface area (Å²) in [6, 6.07) is 21.8. The Morgan fingerprint density at radius 1 is 0.708 bits per heavy atom. The number of nitrogen functional groups attached to an aromatic ring is 1. The fourth-order valence-corrected chi connectivity index (χ4v) is 3.15. The van der Waals surface area contributed by atoms with Gasteiger partial charge in [0.2, 0.25) is 0 Å². The van der Waals surface area contributed by atoms with Crippen molar-refractivity contribution in [3.63, 3.8) is 0 Å². The van der Waals surface area contributed by atoms with Crippen molar-refractivity contribution >= 4 is 38.5 Å². The van der Waals surface area contributed by atoms with Crippen LogP contribution in [0.5, 0.6) is 0 Å². The Morgan fingerprint density at radius 3 is 2.38 bits per heavy atom. The molecule has 0 radical (unpaired) electrons. The number of para-hydroxylation sites is 1. The second-order valence-electron chi connectivity index (χ2n) is 5.79. The van der Waals surface area contributed by atoms with E-state index in [1.54, 1.807) is 0 Å². The summed E-state index contributed by atoms with van der Waals surface area (Å²) in [5.41, 5.74) is 11.1. The van der Waals surface area contributed by atoms with E-state index in [1.807, 2.05) is 60.7 Å². The third-order valence-electron chi connectivity index (χ3n) is 4.35. The molecule has 0 amide bonds. The van der Waals surface area contributed by atoms with E-state index in [0.717, 1.165) is 38.4 Å². The predicted octanol–water partition coefficient (Wildman–Crippen LogP) is 4.78. The number of nitrogens with two attached hydrogens (primary N) is 1. The number of fused-ring (bicyclic) bond motifs is 4. The summed E-state index contributed by atoms with van der Waals surface area (Å²) < 4.78 is 5.91. The maximum absolute atomic E-state index is 6.42. The highest BCUT2D eigenvalue weighted by Gasteiger charge is 2.13. The van der Waals surface area contributed by atoms with Crippen molar-refractivity contribution in [2.45, 2.75) is 0 Å². The lowest BCUT2D eigenvalue weighted by Crippen LogP contribution is -1.97. The van der Waals surface area contributed by atoms with Crippen molar-refractivity contribution in [3.05, 3.63) is 66.7 Å². The van der Waals surface area contributed by atoms with Crippen LogP contribution in [0.25, 0.3) is 44.1 Å². The number of rotatable bonds is 1. The van der Waals surface area contributed by atoms with Gasteiger partial charge in [0.15, 0.2) is 0 Å². The van der Waals surface area contributed by atoms with Gasteiger partial charge in [-0.15, -0.1) is 10.2 Å². The molecule has 5 aromatic rings. The zero-order valence-corrected chi connectivity index (χ0v) is 12.7. The number of hydrogen-bond donors (Lipinski definition) is 1. The van der Waals surface area contributed by atoms with Crippen LogP contribution < -0.4 is 5.73 Å². The number of furan rings is 1. The lowest BCUT2D eigenvalue weighted by molar-refractivity contribution is 0.669. The zero-order valence-electron chi connectivity index (χ0n) is 12.7. The zero-order chi connectivity index (χ0) is 16.1. The van der Waals surface area contributed by atoms with Crippen LogP contribution >= 0.6 is 0 Å². The second kappa shape index (κ2) is 4.80. The molecule has 2 heterocycles. The quantitative estimate of drug-likeness (QED) is 0.484. The average Bonchev–Trinajstić information content (AvgIpc) is 2.99. The van der Waals surface area contributed by atoms with Crippen molar-refractivity contribution in [1.82, 2.24) is 10.2 Å². The minimum Gasteiger partial charge on any atom is -0.456 e. The number of nitrogens with zero attached hydrogens (tertiary/aromatic N) is 2. The highest BCUT2D eigenvalue weighted by atomic mass is 16.3. The predicted molar refractivity (Wildman–Crippen MR) is 96.7 cm³/mol. The van der Waals surface area contributed by atoms with Crippen LogP contribution in [0.2, 0.25) is 0 Å². The van der Waals surface area contributed by atoms with Gasteiger partial charge in [0.1, 0.15) is 16.9 Å². The first-order valence-electron chi connectivity index (χ1n) is 7.74. The SMILES string of the molecule is Nc1c(-c2ccccc2)nnc2cc3oc4ccccc4c3cc12. The molecule has 2 N–H and O–H groups in total. The summed E-state index contributed by atoms with van der Waals surface area (Å²) in [5.74, 6) is 0. The molecule has 4 nitrogen and oxygen atoms in total. The Labute approximate surface area is 137 Å². The van der Waals surface area contributed by atoms with Gasteiger partial charge in [-0.2, -0.15) is 0 Å². The number of anilines is 1. The first kappa shape index (κ1) is 13.1. The lowest BCUT2D eigenvalue weighted by Gasteiger charge is -2.07. The molecule has 0 spiro atoms. The van der Waals surface area contributed by atoms with E-state index in [4.69, 9.17) is 10.2 Å².